The van der Waals surface area contributed by atoms with E-state index in [0.717, 1.165) is 0 Å². The van der Waals surface area contributed by atoms with E-state index in [1.54, 1.807) is 48.2 Å². The zero-order valence-electron chi connectivity index (χ0n) is 18.1. The van der Waals surface area contributed by atoms with Crippen molar-refractivity contribution in [2.24, 2.45) is 0 Å². The van der Waals surface area contributed by atoms with Crippen LogP contribution in [0.2, 0.25) is 0 Å². The second-order valence-corrected chi connectivity index (χ2v) is 7.60. The Morgan fingerprint density at radius 2 is 1.85 bits per heavy atom. The van der Waals surface area contributed by atoms with Crippen LogP contribution in [0.1, 0.15) is 23.1 Å². The third kappa shape index (κ3) is 4.63. The van der Waals surface area contributed by atoms with Crippen LogP contribution in [0.3, 0.4) is 0 Å². The predicted octanol–water partition coefficient (Wildman–Crippen LogP) is 1.80. The van der Waals surface area contributed by atoms with Gasteiger partial charge in [0.05, 0.1) is 10.6 Å². The van der Waals surface area contributed by atoms with Crippen LogP contribution in [0.4, 0.5) is 17.1 Å². The number of nitro groups is 1. The SMILES string of the molecule is CC(=O)N1CCN(c2ccc(C(=O)Nc3cccc(-n4nnnc4C)c3)cc2[N+](=O)[O-])CC1. The molecule has 1 saturated heterocycles. The number of nitrogens with one attached hydrogen (secondary N) is 1. The average Bonchev–Trinajstić information content (AvgIpc) is 3.24. The Balaban J connectivity index is 1.53. The van der Waals surface area contributed by atoms with Crippen molar-refractivity contribution < 1.29 is 14.5 Å². The Hall–Kier alpha value is -4.35. The van der Waals surface area contributed by atoms with Crippen LogP contribution in [0.25, 0.3) is 5.69 Å². The monoisotopic (exact) mass is 450 g/mol. The first-order valence-electron chi connectivity index (χ1n) is 10.3. The first-order chi connectivity index (χ1) is 15.8. The minimum absolute atomic E-state index is 0.0181. The summed E-state index contributed by atoms with van der Waals surface area (Å²) in [5, 5.41) is 25.9. The van der Waals surface area contributed by atoms with E-state index in [9.17, 15) is 19.7 Å². The number of carbonyl (C=O) groups excluding carboxylic acids is 2. The first kappa shape index (κ1) is 21.9. The molecule has 33 heavy (non-hydrogen) atoms. The van der Waals surface area contributed by atoms with Crippen molar-refractivity contribution in [3.8, 4) is 5.69 Å². The van der Waals surface area contributed by atoms with E-state index >= 15 is 0 Å². The normalized spacial score (nSPS) is 13.6. The van der Waals surface area contributed by atoms with Gasteiger partial charge in [-0.25, -0.2) is 0 Å². The molecule has 12 nitrogen and oxygen atoms in total. The third-order valence-electron chi connectivity index (χ3n) is 5.47. The lowest BCUT2D eigenvalue weighted by Gasteiger charge is -2.35. The van der Waals surface area contributed by atoms with Crippen LogP contribution in [-0.4, -0.2) is 68.0 Å². The molecule has 2 aromatic carbocycles. The molecule has 4 rings (SSSR count). The van der Waals surface area contributed by atoms with E-state index in [-0.39, 0.29) is 17.2 Å². The summed E-state index contributed by atoms with van der Waals surface area (Å²) in [6.07, 6.45) is 0. The maximum Gasteiger partial charge on any atom is 0.293 e. The summed E-state index contributed by atoms with van der Waals surface area (Å²) in [5.74, 6) is 0.0981. The van der Waals surface area contributed by atoms with E-state index < -0.39 is 10.8 Å². The van der Waals surface area contributed by atoms with Gasteiger partial charge >= 0.3 is 0 Å². The molecule has 0 aliphatic carbocycles. The Labute approximate surface area is 188 Å². The minimum Gasteiger partial charge on any atom is -0.362 e. The van der Waals surface area contributed by atoms with Gasteiger partial charge in [0.25, 0.3) is 11.6 Å². The maximum absolute atomic E-state index is 12.8. The fraction of sp³-hybridized carbons (Fsp3) is 0.286. The van der Waals surface area contributed by atoms with Crippen LogP contribution in [0.5, 0.6) is 0 Å². The number of nitrogens with zero attached hydrogens (tertiary/aromatic N) is 7. The molecule has 0 unspecified atom stereocenters. The van der Waals surface area contributed by atoms with Crippen LogP contribution >= 0.6 is 0 Å². The summed E-state index contributed by atoms with van der Waals surface area (Å²) in [4.78, 5) is 39.2. The molecule has 0 saturated carbocycles. The number of aryl methyl sites for hydroxylation is 1. The molecule has 0 radical (unpaired) electrons. The minimum atomic E-state index is -0.495. The highest BCUT2D eigenvalue weighted by Gasteiger charge is 2.26. The highest BCUT2D eigenvalue weighted by atomic mass is 16.6. The molecule has 3 aromatic rings. The van der Waals surface area contributed by atoms with Gasteiger partial charge in [-0.2, -0.15) is 4.68 Å². The van der Waals surface area contributed by atoms with E-state index in [4.69, 9.17) is 0 Å². The van der Waals surface area contributed by atoms with E-state index in [1.165, 1.54) is 17.7 Å². The highest BCUT2D eigenvalue weighted by molar-refractivity contribution is 6.05. The number of tetrazole rings is 1. The summed E-state index contributed by atoms with van der Waals surface area (Å²) in [6, 6.07) is 11.4. The standard InChI is InChI=1S/C21H22N8O4/c1-14-23-24-25-28(14)18-5-3-4-17(13-18)22-21(31)16-6-7-19(20(12-16)29(32)33)27-10-8-26(9-11-27)15(2)30/h3-7,12-13H,8-11H2,1-2H3,(H,22,31). The Morgan fingerprint density at radius 3 is 2.48 bits per heavy atom. The number of anilines is 2. The molecule has 1 aliphatic heterocycles. The van der Waals surface area contributed by atoms with Gasteiger partial charge in [-0.3, -0.25) is 19.7 Å². The zero-order valence-corrected chi connectivity index (χ0v) is 18.1. The highest BCUT2D eigenvalue weighted by Crippen LogP contribution is 2.30. The maximum atomic E-state index is 12.8. The van der Waals surface area contributed by atoms with Crippen molar-refractivity contribution in [2.75, 3.05) is 36.4 Å². The summed E-state index contributed by atoms with van der Waals surface area (Å²) >= 11 is 0. The lowest BCUT2D eigenvalue weighted by Crippen LogP contribution is -2.48. The van der Waals surface area contributed by atoms with Gasteiger partial charge in [0.2, 0.25) is 5.91 Å². The van der Waals surface area contributed by atoms with Crippen molar-refractivity contribution in [1.29, 1.82) is 0 Å². The quantitative estimate of drug-likeness (QED) is 0.458. The van der Waals surface area contributed by atoms with E-state index in [2.05, 4.69) is 20.8 Å². The van der Waals surface area contributed by atoms with Gasteiger partial charge in [-0.05, 0) is 47.7 Å². The first-order valence-corrected chi connectivity index (χ1v) is 10.3. The van der Waals surface area contributed by atoms with Crippen molar-refractivity contribution in [3.05, 3.63) is 64.0 Å². The topological polar surface area (TPSA) is 139 Å². The molecular formula is C21H22N8O4. The Kier molecular flexibility index (Phi) is 5.98. The second kappa shape index (κ2) is 9.02. The molecule has 170 valence electrons. The van der Waals surface area contributed by atoms with Crippen LogP contribution in [-0.2, 0) is 4.79 Å². The molecule has 0 atom stereocenters. The number of amides is 2. The zero-order chi connectivity index (χ0) is 23.5. The molecule has 1 fully saturated rings. The van der Waals surface area contributed by atoms with Crippen molar-refractivity contribution in [2.45, 2.75) is 13.8 Å². The average molecular weight is 450 g/mol. The van der Waals surface area contributed by atoms with Gasteiger partial charge in [-0.1, -0.05) is 6.07 Å². The number of hydrogen-bond acceptors (Lipinski definition) is 8. The van der Waals surface area contributed by atoms with Gasteiger partial charge in [0.15, 0.2) is 5.82 Å². The van der Waals surface area contributed by atoms with Gasteiger partial charge in [0, 0.05) is 50.4 Å². The molecule has 0 spiro atoms. The number of nitro benzene ring substituents is 1. The number of hydrogen-bond donors (Lipinski definition) is 1. The number of rotatable bonds is 5. The lowest BCUT2D eigenvalue weighted by atomic mass is 10.1. The molecule has 0 bridgehead atoms. The van der Waals surface area contributed by atoms with Crippen LogP contribution in [0, 0.1) is 17.0 Å². The number of piperazine rings is 1. The third-order valence-corrected chi connectivity index (χ3v) is 5.47. The smallest absolute Gasteiger partial charge is 0.293 e. The fourth-order valence-electron chi connectivity index (χ4n) is 3.73. The Morgan fingerprint density at radius 1 is 1.09 bits per heavy atom. The summed E-state index contributed by atoms with van der Waals surface area (Å²) in [6.45, 7) is 5.21. The van der Waals surface area contributed by atoms with Crippen molar-refractivity contribution in [1.82, 2.24) is 25.1 Å². The van der Waals surface area contributed by atoms with Crippen molar-refractivity contribution in [3.63, 3.8) is 0 Å². The number of aromatic nitrogens is 4. The number of carbonyl (C=O) groups is 2. The predicted molar refractivity (Wildman–Crippen MR) is 119 cm³/mol. The van der Waals surface area contributed by atoms with Crippen molar-refractivity contribution >= 4 is 28.9 Å². The second-order valence-electron chi connectivity index (χ2n) is 7.60. The van der Waals surface area contributed by atoms with Gasteiger partial charge < -0.3 is 15.1 Å². The van der Waals surface area contributed by atoms with Gasteiger partial charge in [-0.15, -0.1) is 5.10 Å². The molecule has 1 N–H and O–H groups in total. The van der Waals surface area contributed by atoms with E-state index in [0.29, 0.717) is 49.1 Å². The molecule has 1 aliphatic rings. The summed E-state index contributed by atoms with van der Waals surface area (Å²) in [5.41, 5.74) is 1.60. The largest absolute Gasteiger partial charge is 0.362 e. The molecule has 1 aromatic heterocycles. The molecule has 2 amide bonds. The number of benzene rings is 2. The summed E-state index contributed by atoms with van der Waals surface area (Å²) < 4.78 is 1.53. The molecule has 2 heterocycles. The fourth-order valence-corrected chi connectivity index (χ4v) is 3.73. The van der Waals surface area contributed by atoms with Crippen LogP contribution < -0.4 is 10.2 Å². The van der Waals surface area contributed by atoms with Gasteiger partial charge in [0.1, 0.15) is 5.69 Å². The molecule has 12 heteroatoms. The Bertz CT molecular complexity index is 1220. The summed E-state index contributed by atoms with van der Waals surface area (Å²) in [7, 11) is 0. The molecular weight excluding hydrogens is 428 g/mol. The van der Waals surface area contributed by atoms with Crippen LogP contribution in [0.15, 0.2) is 42.5 Å². The van der Waals surface area contributed by atoms with E-state index in [1.807, 2.05) is 4.90 Å². The lowest BCUT2D eigenvalue weighted by molar-refractivity contribution is -0.384.